The van der Waals surface area contributed by atoms with Crippen LogP contribution >= 0.6 is 0 Å². The lowest BCUT2D eigenvalue weighted by Gasteiger charge is -2.30. The normalized spacial score (nSPS) is 22.7. The number of hydrogen-bond donors (Lipinski definition) is 1. The highest BCUT2D eigenvalue weighted by molar-refractivity contribution is 5.16. The summed E-state index contributed by atoms with van der Waals surface area (Å²) in [7, 11) is 0. The van der Waals surface area contributed by atoms with Gasteiger partial charge in [0.1, 0.15) is 0 Å². The van der Waals surface area contributed by atoms with Gasteiger partial charge in [0.25, 0.3) is 0 Å². The van der Waals surface area contributed by atoms with Crippen molar-refractivity contribution in [3.63, 3.8) is 0 Å². The predicted molar refractivity (Wildman–Crippen MR) is 74.3 cm³/mol. The maximum Gasteiger partial charge on any atom is 0.0488 e. The molecule has 0 saturated heterocycles. The Labute approximate surface area is 110 Å². The second kappa shape index (κ2) is 5.25. The first-order chi connectivity index (χ1) is 8.50. The van der Waals surface area contributed by atoms with Crippen LogP contribution < -0.4 is 0 Å². The molecule has 1 aromatic rings. The van der Waals surface area contributed by atoms with Crippen LogP contribution in [0.4, 0.5) is 0 Å². The lowest BCUT2D eigenvalue weighted by atomic mass is 9.79. The van der Waals surface area contributed by atoms with E-state index in [9.17, 15) is 5.21 Å². The largest absolute Gasteiger partial charge is 0.314 e. The Morgan fingerprint density at radius 3 is 2.56 bits per heavy atom. The summed E-state index contributed by atoms with van der Waals surface area (Å²) in [5, 5.41) is 11.5. The Morgan fingerprint density at radius 2 is 2.00 bits per heavy atom. The van der Waals surface area contributed by atoms with Crippen LogP contribution in [0.2, 0.25) is 0 Å². The zero-order chi connectivity index (χ0) is 13.2. The van der Waals surface area contributed by atoms with Gasteiger partial charge in [-0.3, -0.25) is 0 Å². The van der Waals surface area contributed by atoms with Gasteiger partial charge in [0.15, 0.2) is 0 Å². The Bertz CT molecular complexity index is 410. The summed E-state index contributed by atoms with van der Waals surface area (Å²) in [6, 6.07) is 10.1. The van der Waals surface area contributed by atoms with E-state index >= 15 is 0 Å². The van der Waals surface area contributed by atoms with E-state index < -0.39 is 0 Å². The topological polar surface area (TPSA) is 23.5 Å². The average Bonchev–Trinajstić information content (AvgIpc) is 2.57. The molecule has 18 heavy (non-hydrogen) atoms. The number of hydroxylamine groups is 2. The third kappa shape index (κ3) is 2.82. The molecule has 0 aromatic heterocycles. The van der Waals surface area contributed by atoms with Gasteiger partial charge in [-0.15, -0.1) is 0 Å². The van der Waals surface area contributed by atoms with E-state index in [1.807, 2.05) is 30.3 Å². The van der Waals surface area contributed by atoms with E-state index in [0.717, 1.165) is 24.9 Å². The van der Waals surface area contributed by atoms with Crippen LogP contribution in [0.15, 0.2) is 42.5 Å². The van der Waals surface area contributed by atoms with Crippen molar-refractivity contribution in [2.45, 2.75) is 33.2 Å². The SMILES string of the molecule is C=C1CCC(CN(O)Cc2ccccc2)C1(C)C. The van der Waals surface area contributed by atoms with E-state index in [4.69, 9.17) is 0 Å². The van der Waals surface area contributed by atoms with Gasteiger partial charge in [-0.1, -0.05) is 56.3 Å². The van der Waals surface area contributed by atoms with Crippen LogP contribution in [0, 0.1) is 11.3 Å². The number of rotatable bonds is 4. The highest BCUT2D eigenvalue weighted by Crippen LogP contribution is 2.46. The van der Waals surface area contributed by atoms with Gasteiger partial charge in [-0.25, -0.2) is 0 Å². The maximum absolute atomic E-state index is 10.1. The van der Waals surface area contributed by atoms with E-state index in [2.05, 4.69) is 20.4 Å². The number of hydrogen-bond acceptors (Lipinski definition) is 2. The zero-order valence-corrected chi connectivity index (χ0v) is 11.4. The van der Waals surface area contributed by atoms with Gasteiger partial charge in [-0.2, -0.15) is 5.06 Å². The van der Waals surface area contributed by atoms with Gasteiger partial charge >= 0.3 is 0 Å². The standard InChI is InChI=1S/C16H23NO/c1-13-9-10-15(16(13,2)3)12-17(18)11-14-7-5-4-6-8-14/h4-8,15,18H,1,9-12H2,2-3H3. The molecule has 0 spiro atoms. The first-order valence-corrected chi connectivity index (χ1v) is 6.66. The molecule has 0 radical (unpaired) electrons. The maximum atomic E-state index is 10.1. The fourth-order valence-electron chi connectivity index (χ4n) is 2.75. The molecule has 2 rings (SSSR count). The smallest absolute Gasteiger partial charge is 0.0488 e. The quantitative estimate of drug-likeness (QED) is 0.643. The molecule has 0 heterocycles. The Morgan fingerprint density at radius 1 is 1.33 bits per heavy atom. The van der Waals surface area contributed by atoms with Crippen molar-refractivity contribution >= 4 is 0 Å². The molecule has 1 atom stereocenters. The summed E-state index contributed by atoms with van der Waals surface area (Å²) in [4.78, 5) is 0. The molecule has 0 bridgehead atoms. The van der Waals surface area contributed by atoms with Crippen molar-refractivity contribution in [1.29, 1.82) is 0 Å². The molecular weight excluding hydrogens is 222 g/mol. The first kappa shape index (κ1) is 13.3. The third-order valence-corrected chi connectivity index (χ3v) is 4.37. The fraction of sp³-hybridized carbons (Fsp3) is 0.500. The molecule has 1 fully saturated rings. The minimum atomic E-state index is 0.150. The van der Waals surface area contributed by atoms with Crippen molar-refractivity contribution in [1.82, 2.24) is 5.06 Å². The van der Waals surface area contributed by atoms with Gasteiger partial charge in [0, 0.05) is 13.1 Å². The van der Waals surface area contributed by atoms with Gasteiger partial charge in [0.2, 0.25) is 0 Å². The molecule has 1 N–H and O–H groups in total. The van der Waals surface area contributed by atoms with E-state index in [-0.39, 0.29) is 5.41 Å². The summed E-state index contributed by atoms with van der Waals surface area (Å²) < 4.78 is 0. The van der Waals surface area contributed by atoms with Crippen LogP contribution in [0.5, 0.6) is 0 Å². The van der Waals surface area contributed by atoms with Crippen molar-refractivity contribution < 1.29 is 5.21 Å². The molecule has 1 aromatic carbocycles. The van der Waals surface area contributed by atoms with Crippen molar-refractivity contribution in [2.75, 3.05) is 6.54 Å². The van der Waals surface area contributed by atoms with E-state index in [0.29, 0.717) is 12.5 Å². The lowest BCUT2D eigenvalue weighted by molar-refractivity contribution is -0.116. The number of benzene rings is 1. The number of nitrogens with zero attached hydrogens (tertiary/aromatic N) is 1. The van der Waals surface area contributed by atoms with Gasteiger partial charge in [-0.05, 0) is 29.7 Å². The fourth-order valence-corrected chi connectivity index (χ4v) is 2.75. The van der Waals surface area contributed by atoms with Gasteiger partial charge in [0.05, 0.1) is 0 Å². The van der Waals surface area contributed by atoms with Crippen molar-refractivity contribution in [3.8, 4) is 0 Å². The number of allylic oxidation sites excluding steroid dienone is 1. The molecule has 1 aliphatic rings. The Kier molecular flexibility index (Phi) is 3.88. The predicted octanol–water partition coefficient (Wildman–Crippen LogP) is 3.87. The summed E-state index contributed by atoms with van der Waals surface area (Å²) in [5.41, 5.74) is 2.62. The summed E-state index contributed by atoms with van der Waals surface area (Å²) in [5.74, 6) is 0.499. The van der Waals surface area contributed by atoms with E-state index in [1.165, 1.54) is 10.6 Å². The molecule has 1 aliphatic carbocycles. The summed E-state index contributed by atoms with van der Waals surface area (Å²) >= 11 is 0. The zero-order valence-electron chi connectivity index (χ0n) is 11.4. The Balaban J connectivity index is 1.92. The molecule has 0 aliphatic heterocycles. The van der Waals surface area contributed by atoms with Crippen molar-refractivity contribution in [2.24, 2.45) is 11.3 Å². The first-order valence-electron chi connectivity index (χ1n) is 6.66. The molecule has 1 saturated carbocycles. The van der Waals surface area contributed by atoms with Gasteiger partial charge < -0.3 is 5.21 Å². The Hall–Kier alpha value is -1.12. The monoisotopic (exact) mass is 245 g/mol. The van der Waals surface area contributed by atoms with Crippen molar-refractivity contribution in [3.05, 3.63) is 48.0 Å². The minimum absolute atomic E-state index is 0.150. The van der Waals surface area contributed by atoms with Crippen LogP contribution in [-0.4, -0.2) is 16.8 Å². The molecule has 2 nitrogen and oxygen atoms in total. The van der Waals surface area contributed by atoms with Crippen LogP contribution in [0.1, 0.15) is 32.3 Å². The lowest BCUT2D eigenvalue weighted by Crippen LogP contribution is -2.32. The highest BCUT2D eigenvalue weighted by atomic mass is 16.5. The molecular formula is C16H23NO. The molecule has 98 valence electrons. The second-order valence-corrected chi connectivity index (χ2v) is 5.89. The third-order valence-electron chi connectivity index (χ3n) is 4.37. The average molecular weight is 245 g/mol. The van der Waals surface area contributed by atoms with Crippen LogP contribution in [0.3, 0.4) is 0 Å². The van der Waals surface area contributed by atoms with Crippen LogP contribution in [-0.2, 0) is 6.54 Å². The molecule has 1 unspecified atom stereocenters. The van der Waals surface area contributed by atoms with E-state index in [1.54, 1.807) is 0 Å². The van der Waals surface area contributed by atoms with Crippen LogP contribution in [0.25, 0.3) is 0 Å². The highest BCUT2D eigenvalue weighted by Gasteiger charge is 2.38. The summed E-state index contributed by atoms with van der Waals surface area (Å²) in [6.45, 7) is 9.95. The summed E-state index contributed by atoms with van der Waals surface area (Å²) in [6.07, 6.45) is 2.23. The minimum Gasteiger partial charge on any atom is -0.314 e. The molecule has 0 amide bonds. The molecule has 2 heteroatoms. The second-order valence-electron chi connectivity index (χ2n) is 5.89.